The molecule has 3 aromatic rings. The minimum absolute atomic E-state index is 0.190. The molecule has 0 unspecified atom stereocenters. The fourth-order valence-corrected chi connectivity index (χ4v) is 4.04. The van der Waals surface area contributed by atoms with Crippen molar-refractivity contribution in [1.82, 2.24) is 4.90 Å². The Balaban J connectivity index is 1.49. The Labute approximate surface area is 170 Å². The van der Waals surface area contributed by atoms with Crippen LogP contribution in [-0.4, -0.2) is 29.8 Å². The third kappa shape index (κ3) is 4.55. The highest BCUT2D eigenvalue weighted by Gasteiger charge is 2.26. The van der Waals surface area contributed by atoms with Crippen LogP contribution in [0.25, 0.3) is 0 Å². The van der Waals surface area contributed by atoms with Crippen LogP contribution in [0.15, 0.2) is 65.4 Å². The van der Waals surface area contributed by atoms with Gasteiger partial charge in [0, 0.05) is 25.2 Å². The first-order valence-corrected chi connectivity index (χ1v) is 10.4. The van der Waals surface area contributed by atoms with E-state index in [0.29, 0.717) is 6.61 Å². The van der Waals surface area contributed by atoms with E-state index < -0.39 is 5.60 Å². The molecule has 0 saturated heterocycles. The zero-order valence-electron chi connectivity index (χ0n) is 16.0. The first-order chi connectivity index (χ1) is 13.6. The highest BCUT2D eigenvalue weighted by atomic mass is 32.1. The van der Waals surface area contributed by atoms with Crippen LogP contribution in [0.3, 0.4) is 0 Å². The van der Waals surface area contributed by atoms with Crippen LogP contribution in [0.5, 0.6) is 11.5 Å². The van der Waals surface area contributed by atoms with E-state index in [0.717, 1.165) is 42.3 Å². The number of thiophene rings is 1. The molecule has 0 fully saturated rings. The molecule has 28 heavy (non-hydrogen) atoms. The van der Waals surface area contributed by atoms with Gasteiger partial charge in [0.15, 0.2) is 0 Å². The number of para-hydroxylation sites is 1. The number of ether oxygens (including phenoxy) is 2. The smallest absolute Gasteiger partial charge is 0.123 e. The summed E-state index contributed by atoms with van der Waals surface area (Å²) in [6, 6.07) is 17.7. The molecule has 4 rings (SSSR count). The minimum atomic E-state index is -1.09. The van der Waals surface area contributed by atoms with Crippen LogP contribution in [0.1, 0.15) is 23.6 Å². The van der Waals surface area contributed by atoms with Gasteiger partial charge in [-0.2, -0.15) is 11.3 Å². The summed E-state index contributed by atoms with van der Waals surface area (Å²) in [7, 11) is 0. The molecular weight excluding hydrogens is 370 g/mol. The predicted octanol–water partition coefficient (Wildman–Crippen LogP) is 4.43. The third-order valence-electron chi connectivity index (χ3n) is 4.99. The Morgan fingerprint density at radius 2 is 2.04 bits per heavy atom. The lowest BCUT2D eigenvalue weighted by atomic mass is 9.94. The first-order valence-electron chi connectivity index (χ1n) is 9.50. The van der Waals surface area contributed by atoms with Crippen molar-refractivity contribution in [2.24, 2.45) is 0 Å². The second kappa shape index (κ2) is 8.35. The van der Waals surface area contributed by atoms with E-state index in [4.69, 9.17) is 9.47 Å². The largest absolute Gasteiger partial charge is 0.492 e. The molecule has 2 heterocycles. The molecule has 0 bridgehead atoms. The molecule has 1 aliphatic rings. The monoisotopic (exact) mass is 395 g/mol. The normalized spacial score (nSPS) is 16.5. The van der Waals surface area contributed by atoms with Crippen molar-refractivity contribution < 1.29 is 14.6 Å². The summed E-state index contributed by atoms with van der Waals surface area (Å²) in [5, 5.41) is 15.3. The molecule has 0 radical (unpaired) electrons. The van der Waals surface area contributed by atoms with E-state index in [-0.39, 0.29) is 6.61 Å². The molecule has 0 amide bonds. The summed E-state index contributed by atoms with van der Waals surface area (Å²) in [5.41, 5.74) is 2.18. The van der Waals surface area contributed by atoms with Crippen LogP contribution < -0.4 is 9.47 Å². The SMILES string of the molecule is C[C@@](O)(COc1ccccc1)c1ccc2c(c1)CN(Cc1ccsc1)CCO2. The molecule has 1 aromatic heterocycles. The standard InChI is InChI=1S/C23H25NO3S/c1-23(25,17-27-21-5-3-2-4-6-21)20-7-8-22-19(13-20)15-24(10-11-26-22)14-18-9-12-28-16-18/h2-9,12-13,16,25H,10-11,14-15,17H2,1H3/t23-/m1/s1. The summed E-state index contributed by atoms with van der Waals surface area (Å²) >= 11 is 1.72. The highest BCUT2D eigenvalue weighted by molar-refractivity contribution is 7.07. The van der Waals surface area contributed by atoms with Crippen molar-refractivity contribution in [3.8, 4) is 11.5 Å². The molecule has 1 atom stereocenters. The maximum Gasteiger partial charge on any atom is 0.123 e. The van der Waals surface area contributed by atoms with E-state index in [1.165, 1.54) is 5.56 Å². The third-order valence-corrected chi connectivity index (χ3v) is 5.72. The lowest BCUT2D eigenvalue weighted by molar-refractivity contribution is 0.00748. The van der Waals surface area contributed by atoms with Crippen LogP contribution in [0, 0.1) is 0 Å². The highest BCUT2D eigenvalue weighted by Crippen LogP contribution is 2.30. The fourth-order valence-electron chi connectivity index (χ4n) is 3.38. The van der Waals surface area contributed by atoms with Gasteiger partial charge in [-0.25, -0.2) is 0 Å². The Hall–Kier alpha value is -2.34. The molecule has 2 aromatic carbocycles. The van der Waals surface area contributed by atoms with Crippen molar-refractivity contribution in [2.45, 2.75) is 25.6 Å². The average Bonchev–Trinajstić information content (AvgIpc) is 3.12. The van der Waals surface area contributed by atoms with Crippen LogP contribution in [0.2, 0.25) is 0 Å². The number of fused-ring (bicyclic) bond motifs is 1. The molecule has 1 aliphatic heterocycles. The maximum atomic E-state index is 11.0. The lowest BCUT2D eigenvalue weighted by Gasteiger charge is -2.25. The van der Waals surface area contributed by atoms with Crippen molar-refractivity contribution in [2.75, 3.05) is 19.8 Å². The number of benzene rings is 2. The Kier molecular flexibility index (Phi) is 5.67. The van der Waals surface area contributed by atoms with Crippen molar-refractivity contribution >= 4 is 11.3 Å². The van der Waals surface area contributed by atoms with Gasteiger partial charge in [-0.05, 0) is 59.1 Å². The molecule has 0 aliphatic carbocycles. The van der Waals surface area contributed by atoms with E-state index in [1.54, 1.807) is 18.3 Å². The molecule has 5 heteroatoms. The van der Waals surface area contributed by atoms with E-state index in [1.807, 2.05) is 42.5 Å². The average molecular weight is 396 g/mol. The van der Waals surface area contributed by atoms with Crippen molar-refractivity contribution in [3.05, 3.63) is 82.0 Å². The topological polar surface area (TPSA) is 41.9 Å². The lowest BCUT2D eigenvalue weighted by Crippen LogP contribution is -2.30. The Morgan fingerprint density at radius 1 is 1.18 bits per heavy atom. The van der Waals surface area contributed by atoms with Crippen LogP contribution >= 0.6 is 11.3 Å². The molecular formula is C23H25NO3S. The maximum absolute atomic E-state index is 11.0. The van der Waals surface area contributed by atoms with Gasteiger partial charge in [0.05, 0.1) is 0 Å². The number of rotatable bonds is 6. The van der Waals surface area contributed by atoms with E-state index >= 15 is 0 Å². The molecule has 146 valence electrons. The van der Waals surface area contributed by atoms with E-state index in [2.05, 4.69) is 27.8 Å². The van der Waals surface area contributed by atoms with Gasteiger partial charge in [-0.3, -0.25) is 4.90 Å². The van der Waals surface area contributed by atoms with Gasteiger partial charge in [-0.1, -0.05) is 24.3 Å². The zero-order chi connectivity index (χ0) is 19.4. The Bertz CT molecular complexity index is 893. The van der Waals surface area contributed by atoms with Gasteiger partial charge >= 0.3 is 0 Å². The van der Waals surface area contributed by atoms with Crippen molar-refractivity contribution in [3.63, 3.8) is 0 Å². The summed E-state index contributed by atoms with van der Waals surface area (Å²) in [6.45, 7) is 5.24. The summed E-state index contributed by atoms with van der Waals surface area (Å²) in [6.07, 6.45) is 0. The van der Waals surface area contributed by atoms with Gasteiger partial charge in [0.25, 0.3) is 0 Å². The second-order valence-electron chi connectivity index (χ2n) is 7.39. The number of hydrogen-bond acceptors (Lipinski definition) is 5. The van der Waals surface area contributed by atoms with Gasteiger partial charge in [0.1, 0.15) is 30.3 Å². The number of nitrogens with zero attached hydrogens (tertiary/aromatic N) is 1. The Morgan fingerprint density at radius 3 is 2.82 bits per heavy atom. The van der Waals surface area contributed by atoms with Crippen molar-refractivity contribution in [1.29, 1.82) is 0 Å². The quantitative estimate of drug-likeness (QED) is 0.670. The first kappa shape index (κ1) is 19.0. The number of hydrogen-bond donors (Lipinski definition) is 1. The second-order valence-corrected chi connectivity index (χ2v) is 8.17. The predicted molar refractivity (Wildman–Crippen MR) is 112 cm³/mol. The summed E-state index contributed by atoms with van der Waals surface area (Å²) in [5.74, 6) is 1.65. The molecule has 0 saturated carbocycles. The van der Waals surface area contributed by atoms with Gasteiger partial charge < -0.3 is 14.6 Å². The number of aliphatic hydroxyl groups is 1. The molecule has 0 spiro atoms. The fraction of sp³-hybridized carbons (Fsp3) is 0.304. The van der Waals surface area contributed by atoms with E-state index in [9.17, 15) is 5.11 Å². The zero-order valence-corrected chi connectivity index (χ0v) is 16.8. The summed E-state index contributed by atoms with van der Waals surface area (Å²) in [4.78, 5) is 2.38. The molecule has 1 N–H and O–H groups in total. The van der Waals surface area contributed by atoms with Gasteiger partial charge in [-0.15, -0.1) is 0 Å². The van der Waals surface area contributed by atoms with Crippen LogP contribution in [-0.2, 0) is 18.7 Å². The van der Waals surface area contributed by atoms with Gasteiger partial charge in [0.2, 0.25) is 0 Å². The minimum Gasteiger partial charge on any atom is -0.492 e. The summed E-state index contributed by atoms with van der Waals surface area (Å²) < 4.78 is 11.7. The molecule has 4 nitrogen and oxygen atoms in total. The van der Waals surface area contributed by atoms with Crippen LogP contribution in [0.4, 0.5) is 0 Å².